The maximum Gasteiger partial charge on any atom is 0.363 e. The number of esters is 1. The number of hydrogen-bond acceptors (Lipinski definition) is 5. The van der Waals surface area contributed by atoms with Gasteiger partial charge in [-0.25, -0.2) is 14.2 Å². The minimum absolute atomic E-state index is 0.00551. The van der Waals surface area contributed by atoms with Gasteiger partial charge in [0, 0.05) is 11.6 Å². The molecule has 0 aromatic heterocycles. The number of cyclic esters (lactones) is 1. The Hall–Kier alpha value is -2.87. The molecule has 6 nitrogen and oxygen atoms in total. The Morgan fingerprint density at radius 1 is 1.21 bits per heavy atom. The van der Waals surface area contributed by atoms with Gasteiger partial charge in [0.2, 0.25) is 5.90 Å². The van der Waals surface area contributed by atoms with Crippen molar-refractivity contribution in [2.45, 2.75) is 0 Å². The first kappa shape index (κ1) is 16.0. The van der Waals surface area contributed by atoms with Gasteiger partial charge in [0.15, 0.2) is 5.70 Å². The third-order valence-electron chi connectivity index (χ3n) is 3.18. The van der Waals surface area contributed by atoms with Crippen molar-refractivity contribution in [1.82, 2.24) is 0 Å². The summed E-state index contributed by atoms with van der Waals surface area (Å²) in [6, 6.07) is 9.76. The highest BCUT2D eigenvalue weighted by Gasteiger charge is 2.24. The zero-order chi connectivity index (χ0) is 17.3. The van der Waals surface area contributed by atoms with Gasteiger partial charge in [-0.05, 0) is 57.9 Å². The van der Waals surface area contributed by atoms with E-state index in [1.54, 1.807) is 6.07 Å². The van der Waals surface area contributed by atoms with Crippen molar-refractivity contribution in [3.05, 3.63) is 79.7 Å². The lowest BCUT2D eigenvalue weighted by Crippen LogP contribution is -2.05. The number of nitrogens with zero attached hydrogens (tertiary/aromatic N) is 2. The van der Waals surface area contributed by atoms with E-state index < -0.39 is 16.7 Å². The smallest absolute Gasteiger partial charge is 0.363 e. The Morgan fingerprint density at radius 3 is 2.58 bits per heavy atom. The Bertz CT molecular complexity index is 907. The van der Waals surface area contributed by atoms with Gasteiger partial charge in [-0.15, -0.1) is 0 Å². The first-order valence-electron chi connectivity index (χ1n) is 6.66. The van der Waals surface area contributed by atoms with Crippen molar-refractivity contribution in [1.29, 1.82) is 0 Å². The van der Waals surface area contributed by atoms with Crippen molar-refractivity contribution in [2.75, 3.05) is 0 Å². The van der Waals surface area contributed by atoms with E-state index in [4.69, 9.17) is 4.74 Å². The predicted molar refractivity (Wildman–Crippen MR) is 87.8 cm³/mol. The second-order valence-corrected chi connectivity index (χ2v) is 5.67. The number of aliphatic imine (C=N–C) groups is 1. The van der Waals surface area contributed by atoms with Crippen LogP contribution in [0.1, 0.15) is 11.1 Å². The van der Waals surface area contributed by atoms with Gasteiger partial charge in [-0.3, -0.25) is 10.1 Å². The summed E-state index contributed by atoms with van der Waals surface area (Å²) < 4.78 is 18.3. The summed E-state index contributed by atoms with van der Waals surface area (Å²) in [7, 11) is 0. The van der Waals surface area contributed by atoms with Gasteiger partial charge in [0.05, 0.1) is 9.40 Å². The number of halogens is 2. The fourth-order valence-electron chi connectivity index (χ4n) is 2.04. The molecule has 0 N–H and O–H groups in total. The molecular formula is C16H8BrFN2O4. The summed E-state index contributed by atoms with van der Waals surface area (Å²) in [5.41, 5.74) is 0.764. The van der Waals surface area contributed by atoms with Crippen molar-refractivity contribution in [3.8, 4) is 0 Å². The Labute approximate surface area is 143 Å². The maximum absolute atomic E-state index is 12.9. The summed E-state index contributed by atoms with van der Waals surface area (Å²) in [5.74, 6) is -1.04. The lowest BCUT2D eigenvalue weighted by molar-refractivity contribution is -0.385. The molecule has 0 saturated heterocycles. The molecule has 1 aliphatic heterocycles. The third kappa shape index (κ3) is 3.23. The summed E-state index contributed by atoms with van der Waals surface area (Å²) in [4.78, 5) is 26.4. The van der Waals surface area contributed by atoms with Crippen LogP contribution in [0.2, 0.25) is 0 Å². The zero-order valence-corrected chi connectivity index (χ0v) is 13.5. The maximum atomic E-state index is 12.9. The van der Waals surface area contributed by atoms with E-state index in [0.717, 1.165) is 0 Å². The summed E-state index contributed by atoms with van der Waals surface area (Å²) in [5, 5.41) is 10.9. The van der Waals surface area contributed by atoms with Gasteiger partial charge in [0.1, 0.15) is 5.82 Å². The minimum atomic E-state index is -0.681. The molecule has 120 valence electrons. The largest absolute Gasteiger partial charge is 0.402 e. The Kier molecular flexibility index (Phi) is 4.22. The lowest BCUT2D eigenvalue weighted by Gasteiger charge is -1.98. The monoisotopic (exact) mass is 390 g/mol. The van der Waals surface area contributed by atoms with Crippen molar-refractivity contribution in [3.63, 3.8) is 0 Å². The van der Waals surface area contributed by atoms with Gasteiger partial charge >= 0.3 is 5.97 Å². The first-order valence-corrected chi connectivity index (χ1v) is 7.46. The van der Waals surface area contributed by atoms with E-state index in [0.29, 0.717) is 15.6 Å². The number of rotatable bonds is 3. The molecular weight excluding hydrogens is 383 g/mol. The van der Waals surface area contributed by atoms with Crippen LogP contribution in [0.5, 0.6) is 0 Å². The van der Waals surface area contributed by atoms with Crippen molar-refractivity contribution < 1.29 is 18.8 Å². The summed E-state index contributed by atoms with van der Waals surface area (Å²) in [6.07, 6.45) is 1.39. The normalized spacial score (nSPS) is 15.3. The summed E-state index contributed by atoms with van der Waals surface area (Å²) >= 11 is 3.09. The standard InChI is InChI=1S/C16H8BrFN2O4/c17-12-6-1-9(8-14(12)20(22)23)7-13-16(21)24-15(19-13)10-2-4-11(18)5-3-10/h1-8H/b13-7+. The number of nitro benzene ring substituents is 1. The molecule has 2 aromatic rings. The first-order chi connectivity index (χ1) is 11.4. The van der Waals surface area contributed by atoms with Crippen LogP contribution in [0.15, 0.2) is 57.6 Å². The molecule has 8 heteroatoms. The number of carbonyl (C=O) groups excluding carboxylic acids is 1. The van der Waals surface area contributed by atoms with E-state index in [9.17, 15) is 19.3 Å². The second kappa shape index (κ2) is 6.32. The highest BCUT2D eigenvalue weighted by Crippen LogP contribution is 2.27. The predicted octanol–water partition coefficient (Wildman–Crippen LogP) is 3.84. The van der Waals surface area contributed by atoms with Gasteiger partial charge in [0.25, 0.3) is 5.69 Å². The van der Waals surface area contributed by atoms with Crippen LogP contribution in [0.3, 0.4) is 0 Å². The topological polar surface area (TPSA) is 81.8 Å². The molecule has 0 aliphatic carbocycles. The number of ether oxygens (including phenoxy) is 1. The fourth-order valence-corrected chi connectivity index (χ4v) is 2.43. The quantitative estimate of drug-likeness (QED) is 0.345. The van der Waals surface area contributed by atoms with Crippen LogP contribution in [0, 0.1) is 15.9 Å². The van der Waals surface area contributed by atoms with Crippen LogP contribution < -0.4 is 0 Å². The molecule has 24 heavy (non-hydrogen) atoms. The molecule has 0 bridgehead atoms. The number of carbonyl (C=O) groups is 1. The number of benzene rings is 2. The highest BCUT2D eigenvalue weighted by atomic mass is 79.9. The molecule has 0 saturated carbocycles. The van der Waals surface area contributed by atoms with Crippen LogP contribution in [0.4, 0.5) is 10.1 Å². The van der Waals surface area contributed by atoms with Gasteiger partial charge in [-0.2, -0.15) is 0 Å². The third-order valence-corrected chi connectivity index (χ3v) is 3.85. The average molecular weight is 391 g/mol. The molecule has 1 aliphatic rings. The SMILES string of the molecule is O=C1OC(c2ccc(F)cc2)=N/C1=C/c1ccc(Br)c([N+](=O)[O-])c1. The molecule has 2 aromatic carbocycles. The van der Waals surface area contributed by atoms with Crippen molar-refractivity contribution in [2.24, 2.45) is 4.99 Å². The molecule has 3 rings (SSSR count). The molecule has 0 fully saturated rings. The van der Waals surface area contributed by atoms with Crippen LogP contribution in [-0.4, -0.2) is 16.8 Å². The van der Waals surface area contributed by atoms with E-state index in [1.165, 1.54) is 42.5 Å². The van der Waals surface area contributed by atoms with E-state index in [1.807, 2.05) is 0 Å². The molecule has 0 atom stereocenters. The highest BCUT2D eigenvalue weighted by molar-refractivity contribution is 9.10. The van der Waals surface area contributed by atoms with Crippen molar-refractivity contribution >= 4 is 39.6 Å². The van der Waals surface area contributed by atoms with Gasteiger partial charge < -0.3 is 4.74 Å². The van der Waals surface area contributed by atoms with E-state index >= 15 is 0 Å². The Morgan fingerprint density at radius 2 is 1.92 bits per heavy atom. The van der Waals surface area contributed by atoms with E-state index in [2.05, 4.69) is 20.9 Å². The van der Waals surface area contributed by atoms with Crippen LogP contribution >= 0.6 is 15.9 Å². The summed E-state index contributed by atoms with van der Waals surface area (Å²) in [6.45, 7) is 0. The van der Waals surface area contributed by atoms with Crippen LogP contribution in [-0.2, 0) is 9.53 Å². The average Bonchev–Trinajstić information content (AvgIpc) is 2.90. The number of hydrogen-bond donors (Lipinski definition) is 0. The Balaban J connectivity index is 1.95. The molecule has 1 heterocycles. The van der Waals surface area contributed by atoms with E-state index in [-0.39, 0.29) is 17.3 Å². The number of nitro groups is 1. The van der Waals surface area contributed by atoms with Gasteiger partial charge in [-0.1, -0.05) is 6.07 Å². The second-order valence-electron chi connectivity index (χ2n) is 4.81. The minimum Gasteiger partial charge on any atom is -0.402 e. The zero-order valence-electron chi connectivity index (χ0n) is 11.9. The fraction of sp³-hybridized carbons (Fsp3) is 0. The molecule has 0 unspecified atom stereocenters. The molecule has 0 radical (unpaired) electrons. The molecule has 0 amide bonds. The van der Waals surface area contributed by atoms with Crippen LogP contribution in [0.25, 0.3) is 6.08 Å². The lowest BCUT2D eigenvalue weighted by atomic mass is 10.1. The molecule has 0 spiro atoms.